The van der Waals surface area contributed by atoms with Gasteiger partial charge in [0.1, 0.15) is 32.7 Å². The Morgan fingerprint density at radius 1 is 1.00 bits per heavy atom. The van der Waals surface area contributed by atoms with Crippen LogP contribution in [0.3, 0.4) is 0 Å². The van der Waals surface area contributed by atoms with Gasteiger partial charge in [-0.1, -0.05) is 13.3 Å². The third-order valence-corrected chi connectivity index (χ3v) is 6.02. The topological polar surface area (TPSA) is 27.3 Å². The van der Waals surface area contributed by atoms with E-state index in [-0.39, 0.29) is 0 Å². The van der Waals surface area contributed by atoms with Gasteiger partial charge in [-0.2, -0.15) is 0 Å². The minimum atomic E-state index is 0.817. The highest BCUT2D eigenvalue weighted by atomic mass is 16.5. The standard InChI is InChI=1S/C20H32N2O2/c1-16-5-4-6-18(13-16)22-11-9-21(10-12-22)15-17-7-8-19(23-2)20(14-17)24-3/h7-8,14,16,18H,4-6,9-13,15H2,1-3H3/p+2. The molecule has 1 heterocycles. The van der Waals surface area contributed by atoms with E-state index in [1.54, 1.807) is 19.1 Å². The summed E-state index contributed by atoms with van der Waals surface area (Å²) in [5.41, 5.74) is 1.34. The Kier molecular flexibility index (Phi) is 6.01. The van der Waals surface area contributed by atoms with Crippen molar-refractivity contribution in [2.75, 3.05) is 40.4 Å². The van der Waals surface area contributed by atoms with Crippen LogP contribution in [0.2, 0.25) is 0 Å². The van der Waals surface area contributed by atoms with E-state index in [1.807, 2.05) is 11.0 Å². The van der Waals surface area contributed by atoms with Crippen molar-refractivity contribution in [1.29, 1.82) is 0 Å². The number of hydrogen-bond donors (Lipinski definition) is 2. The van der Waals surface area contributed by atoms with Gasteiger partial charge < -0.3 is 19.3 Å². The van der Waals surface area contributed by atoms with Gasteiger partial charge in [0.25, 0.3) is 0 Å². The highest BCUT2D eigenvalue weighted by molar-refractivity contribution is 5.42. The van der Waals surface area contributed by atoms with Crippen LogP contribution in [0.15, 0.2) is 18.2 Å². The third-order valence-electron chi connectivity index (χ3n) is 6.02. The molecule has 1 saturated carbocycles. The summed E-state index contributed by atoms with van der Waals surface area (Å²) in [4.78, 5) is 3.58. The van der Waals surface area contributed by atoms with Crippen LogP contribution in [-0.2, 0) is 6.54 Å². The zero-order valence-corrected chi connectivity index (χ0v) is 15.6. The van der Waals surface area contributed by atoms with Crippen LogP contribution in [0, 0.1) is 5.92 Å². The molecule has 0 radical (unpaired) electrons. The molecule has 2 atom stereocenters. The second-order valence-corrected chi connectivity index (χ2v) is 7.74. The lowest BCUT2D eigenvalue weighted by atomic mass is 9.86. The van der Waals surface area contributed by atoms with E-state index in [0.29, 0.717) is 0 Å². The van der Waals surface area contributed by atoms with E-state index in [9.17, 15) is 0 Å². The molecule has 24 heavy (non-hydrogen) atoms. The molecule has 4 nitrogen and oxygen atoms in total. The molecular weight excluding hydrogens is 300 g/mol. The van der Waals surface area contributed by atoms with Crippen molar-refractivity contribution >= 4 is 0 Å². The zero-order valence-electron chi connectivity index (χ0n) is 15.6. The second-order valence-electron chi connectivity index (χ2n) is 7.74. The van der Waals surface area contributed by atoms with E-state index in [2.05, 4.69) is 19.1 Å². The highest BCUT2D eigenvalue weighted by Gasteiger charge is 2.32. The molecule has 0 aromatic heterocycles. The van der Waals surface area contributed by atoms with E-state index < -0.39 is 0 Å². The number of quaternary nitrogens is 2. The zero-order chi connectivity index (χ0) is 16.9. The van der Waals surface area contributed by atoms with Crippen molar-refractivity contribution in [2.45, 2.75) is 45.2 Å². The first kappa shape index (κ1) is 17.6. The van der Waals surface area contributed by atoms with Gasteiger partial charge in [0.15, 0.2) is 11.5 Å². The van der Waals surface area contributed by atoms with Gasteiger partial charge in [0, 0.05) is 12.0 Å². The SMILES string of the molecule is COc1ccc(C[NH+]2CC[NH+](C3CCCC(C)C3)CC2)cc1OC. The second kappa shape index (κ2) is 8.21. The molecule has 2 aliphatic rings. The minimum absolute atomic E-state index is 0.817. The van der Waals surface area contributed by atoms with Crippen LogP contribution >= 0.6 is 0 Å². The normalized spacial score (nSPS) is 30.8. The van der Waals surface area contributed by atoms with Gasteiger partial charge in [-0.15, -0.1) is 0 Å². The number of ether oxygens (including phenoxy) is 2. The van der Waals surface area contributed by atoms with E-state index >= 15 is 0 Å². The van der Waals surface area contributed by atoms with E-state index in [1.165, 1.54) is 57.4 Å². The van der Waals surface area contributed by atoms with Gasteiger partial charge in [0.05, 0.1) is 20.3 Å². The number of benzene rings is 1. The first-order valence-corrected chi connectivity index (χ1v) is 9.58. The first-order valence-electron chi connectivity index (χ1n) is 9.58. The average molecular weight is 335 g/mol. The number of nitrogens with one attached hydrogen (secondary N) is 2. The van der Waals surface area contributed by atoms with E-state index in [0.717, 1.165) is 30.0 Å². The maximum atomic E-state index is 5.43. The molecule has 134 valence electrons. The fourth-order valence-electron chi connectivity index (χ4n) is 4.59. The van der Waals surface area contributed by atoms with Crippen molar-refractivity contribution in [3.63, 3.8) is 0 Å². The summed E-state index contributed by atoms with van der Waals surface area (Å²) in [5.74, 6) is 2.60. The van der Waals surface area contributed by atoms with Crippen LogP contribution in [0.5, 0.6) is 11.5 Å². The number of piperazine rings is 1. The molecule has 3 rings (SSSR count). The summed E-state index contributed by atoms with van der Waals surface area (Å²) in [6, 6.07) is 7.26. The lowest BCUT2D eigenvalue weighted by molar-refractivity contribution is -1.03. The molecule has 1 aromatic rings. The summed E-state index contributed by atoms with van der Waals surface area (Å²) < 4.78 is 10.8. The maximum absolute atomic E-state index is 5.43. The molecular formula is C20H34N2O2+2. The molecule has 2 N–H and O–H groups in total. The summed E-state index contributed by atoms with van der Waals surface area (Å²) in [7, 11) is 3.40. The smallest absolute Gasteiger partial charge is 0.161 e. The highest BCUT2D eigenvalue weighted by Crippen LogP contribution is 2.27. The Morgan fingerprint density at radius 2 is 1.75 bits per heavy atom. The van der Waals surface area contributed by atoms with Crippen LogP contribution in [0.1, 0.15) is 38.2 Å². The Bertz CT molecular complexity index is 526. The predicted molar refractivity (Wildman–Crippen MR) is 96.1 cm³/mol. The summed E-state index contributed by atoms with van der Waals surface area (Å²) in [6.07, 6.45) is 5.78. The predicted octanol–water partition coefficient (Wildman–Crippen LogP) is 0.566. The Labute approximate surface area is 146 Å². The molecule has 1 saturated heterocycles. The first-order chi connectivity index (χ1) is 11.7. The summed E-state index contributed by atoms with van der Waals surface area (Å²) >= 11 is 0. The van der Waals surface area contributed by atoms with Gasteiger partial charge in [-0.05, 0) is 37.0 Å². The van der Waals surface area contributed by atoms with Crippen molar-refractivity contribution in [1.82, 2.24) is 0 Å². The minimum Gasteiger partial charge on any atom is -0.493 e. The van der Waals surface area contributed by atoms with Gasteiger partial charge in [0.2, 0.25) is 0 Å². The average Bonchev–Trinajstić information content (AvgIpc) is 2.62. The Balaban J connectivity index is 1.52. The summed E-state index contributed by atoms with van der Waals surface area (Å²) in [5, 5.41) is 0. The van der Waals surface area contributed by atoms with Crippen molar-refractivity contribution in [3.05, 3.63) is 23.8 Å². The van der Waals surface area contributed by atoms with Gasteiger partial charge in [-0.25, -0.2) is 0 Å². The molecule has 0 bridgehead atoms. The number of rotatable bonds is 5. The molecule has 1 aliphatic carbocycles. The molecule has 2 unspecified atom stereocenters. The summed E-state index contributed by atoms with van der Waals surface area (Å²) in [6.45, 7) is 8.77. The molecule has 0 spiro atoms. The molecule has 4 heteroatoms. The third kappa shape index (κ3) is 4.22. The van der Waals surface area contributed by atoms with Gasteiger partial charge in [-0.3, -0.25) is 0 Å². The Hall–Kier alpha value is -1.26. The fourth-order valence-corrected chi connectivity index (χ4v) is 4.59. The quantitative estimate of drug-likeness (QED) is 0.824. The Morgan fingerprint density at radius 3 is 2.42 bits per heavy atom. The van der Waals surface area contributed by atoms with Crippen molar-refractivity contribution < 1.29 is 19.3 Å². The molecule has 0 amide bonds. The number of methoxy groups -OCH3 is 2. The van der Waals surface area contributed by atoms with Crippen molar-refractivity contribution in [2.24, 2.45) is 5.92 Å². The van der Waals surface area contributed by atoms with E-state index in [4.69, 9.17) is 9.47 Å². The monoisotopic (exact) mass is 334 g/mol. The lowest BCUT2D eigenvalue weighted by Crippen LogP contribution is -3.29. The molecule has 1 aliphatic heterocycles. The van der Waals surface area contributed by atoms with Gasteiger partial charge >= 0.3 is 0 Å². The molecule has 1 aromatic carbocycles. The van der Waals surface area contributed by atoms with Crippen LogP contribution < -0.4 is 19.3 Å². The van der Waals surface area contributed by atoms with Crippen LogP contribution in [0.4, 0.5) is 0 Å². The van der Waals surface area contributed by atoms with Crippen molar-refractivity contribution in [3.8, 4) is 11.5 Å². The molecule has 2 fully saturated rings. The number of hydrogen-bond acceptors (Lipinski definition) is 2. The lowest BCUT2D eigenvalue weighted by Gasteiger charge is -2.37. The van der Waals surface area contributed by atoms with Crippen LogP contribution in [0.25, 0.3) is 0 Å². The van der Waals surface area contributed by atoms with Crippen LogP contribution in [-0.4, -0.2) is 46.4 Å². The largest absolute Gasteiger partial charge is 0.493 e. The maximum Gasteiger partial charge on any atom is 0.161 e. The fraction of sp³-hybridized carbons (Fsp3) is 0.700.